The molecule has 0 aliphatic carbocycles. The second-order valence-corrected chi connectivity index (χ2v) is 8.73. The van der Waals surface area contributed by atoms with E-state index in [0.29, 0.717) is 12.8 Å². The molecule has 0 atom stereocenters. The average molecular weight is 426 g/mol. The highest BCUT2D eigenvalue weighted by Crippen LogP contribution is 2.21. The lowest BCUT2D eigenvalue weighted by atomic mass is 10.1. The second kappa shape index (κ2) is 9.77. The molecule has 2 aromatic rings. The van der Waals surface area contributed by atoms with Crippen LogP contribution in [-0.2, 0) is 11.2 Å². The molecule has 0 unspecified atom stereocenters. The van der Waals surface area contributed by atoms with E-state index >= 15 is 0 Å². The maximum Gasteiger partial charge on any atom is 0.222 e. The fraction of sp³-hybridized carbons (Fsp3) is 0.652. The zero-order valence-corrected chi connectivity index (χ0v) is 19.2. The zero-order chi connectivity index (χ0) is 21.8. The molecule has 8 nitrogen and oxygen atoms in total. The van der Waals surface area contributed by atoms with Gasteiger partial charge in [-0.25, -0.2) is 4.68 Å². The number of hydrogen-bond donors (Lipinski definition) is 0. The molecule has 0 saturated carbocycles. The Balaban J connectivity index is 1.37. The Morgan fingerprint density at radius 1 is 0.968 bits per heavy atom. The summed E-state index contributed by atoms with van der Waals surface area (Å²) in [7, 11) is 0. The summed E-state index contributed by atoms with van der Waals surface area (Å²) in [6.07, 6.45) is 4.85. The van der Waals surface area contributed by atoms with Gasteiger partial charge in [-0.05, 0) is 63.8 Å². The van der Waals surface area contributed by atoms with E-state index < -0.39 is 0 Å². The number of nitrogens with zero attached hydrogens (tertiary/aromatic N) is 7. The van der Waals surface area contributed by atoms with Gasteiger partial charge >= 0.3 is 0 Å². The maximum absolute atomic E-state index is 12.8. The Kier molecular flexibility index (Phi) is 6.85. The number of anilines is 1. The van der Waals surface area contributed by atoms with Crippen molar-refractivity contribution in [2.45, 2.75) is 52.9 Å². The number of aryl methyl sites for hydroxylation is 1. The van der Waals surface area contributed by atoms with E-state index in [4.69, 9.17) is 5.10 Å². The molecule has 2 aliphatic heterocycles. The third-order valence-corrected chi connectivity index (χ3v) is 6.58. The third kappa shape index (κ3) is 4.89. The number of amides is 1. The van der Waals surface area contributed by atoms with Crippen LogP contribution in [0.3, 0.4) is 0 Å². The van der Waals surface area contributed by atoms with Crippen LogP contribution in [0.1, 0.15) is 49.6 Å². The van der Waals surface area contributed by atoms with Gasteiger partial charge in [0.05, 0.1) is 5.69 Å². The normalized spacial score (nSPS) is 17.5. The first kappa shape index (κ1) is 21.7. The van der Waals surface area contributed by atoms with Crippen LogP contribution in [-0.4, -0.2) is 81.5 Å². The van der Waals surface area contributed by atoms with Crippen LogP contribution in [0.15, 0.2) is 12.1 Å². The lowest BCUT2D eigenvalue weighted by molar-refractivity contribution is -0.132. The zero-order valence-electron chi connectivity index (χ0n) is 19.2. The molecule has 2 saturated heterocycles. The van der Waals surface area contributed by atoms with Crippen LogP contribution >= 0.6 is 0 Å². The highest BCUT2D eigenvalue weighted by atomic mass is 16.2. The Morgan fingerprint density at radius 3 is 2.29 bits per heavy atom. The lowest BCUT2D eigenvalue weighted by Gasteiger charge is -2.34. The van der Waals surface area contributed by atoms with Crippen molar-refractivity contribution in [1.29, 1.82) is 0 Å². The summed E-state index contributed by atoms with van der Waals surface area (Å²) in [6.45, 7) is 13.2. The minimum absolute atomic E-state index is 0.248. The molecule has 31 heavy (non-hydrogen) atoms. The summed E-state index contributed by atoms with van der Waals surface area (Å²) in [6, 6.07) is 4.02. The van der Waals surface area contributed by atoms with Crippen molar-refractivity contribution in [2.75, 3.05) is 50.7 Å². The molecule has 168 valence electrons. The maximum atomic E-state index is 12.8. The van der Waals surface area contributed by atoms with E-state index in [-0.39, 0.29) is 5.91 Å². The number of carbonyl (C=O) groups is 1. The van der Waals surface area contributed by atoms with Crippen molar-refractivity contribution in [3.8, 4) is 5.82 Å². The Hall–Kier alpha value is -2.48. The van der Waals surface area contributed by atoms with Crippen LogP contribution in [0.5, 0.6) is 0 Å². The summed E-state index contributed by atoms with van der Waals surface area (Å²) < 4.78 is 1.86. The molecule has 1 amide bonds. The number of rotatable bonds is 7. The quantitative estimate of drug-likeness (QED) is 0.678. The van der Waals surface area contributed by atoms with Crippen LogP contribution in [0.4, 0.5) is 5.82 Å². The highest BCUT2D eigenvalue weighted by molar-refractivity contribution is 5.76. The fourth-order valence-electron chi connectivity index (χ4n) is 4.73. The van der Waals surface area contributed by atoms with Gasteiger partial charge in [-0.1, -0.05) is 6.92 Å². The van der Waals surface area contributed by atoms with Crippen molar-refractivity contribution in [1.82, 2.24) is 29.8 Å². The predicted octanol–water partition coefficient (Wildman–Crippen LogP) is 2.37. The van der Waals surface area contributed by atoms with Crippen LogP contribution < -0.4 is 4.90 Å². The van der Waals surface area contributed by atoms with Crippen molar-refractivity contribution in [3.63, 3.8) is 0 Å². The summed E-state index contributed by atoms with van der Waals surface area (Å²) in [5, 5.41) is 13.5. The van der Waals surface area contributed by atoms with E-state index in [1.54, 1.807) is 0 Å². The molecule has 4 heterocycles. The van der Waals surface area contributed by atoms with Gasteiger partial charge in [0, 0.05) is 51.4 Å². The number of hydrogen-bond acceptors (Lipinski definition) is 6. The first-order valence-corrected chi connectivity index (χ1v) is 11.7. The molecule has 0 radical (unpaired) electrons. The van der Waals surface area contributed by atoms with Gasteiger partial charge in [-0.3, -0.25) is 9.69 Å². The van der Waals surface area contributed by atoms with Gasteiger partial charge in [0.15, 0.2) is 11.6 Å². The summed E-state index contributed by atoms with van der Waals surface area (Å²) in [4.78, 5) is 19.5. The summed E-state index contributed by atoms with van der Waals surface area (Å²) in [5.41, 5.74) is 3.15. The largest absolute Gasteiger partial charge is 0.355 e. The van der Waals surface area contributed by atoms with Crippen molar-refractivity contribution in [3.05, 3.63) is 29.1 Å². The van der Waals surface area contributed by atoms with E-state index in [1.165, 1.54) is 19.3 Å². The van der Waals surface area contributed by atoms with Crippen molar-refractivity contribution < 1.29 is 4.79 Å². The van der Waals surface area contributed by atoms with Crippen LogP contribution in [0.25, 0.3) is 5.82 Å². The molecular formula is C23H35N7O. The third-order valence-electron chi connectivity index (χ3n) is 6.58. The van der Waals surface area contributed by atoms with Gasteiger partial charge in [0.2, 0.25) is 5.91 Å². The Labute approximate surface area is 185 Å². The topological polar surface area (TPSA) is 70.4 Å². The van der Waals surface area contributed by atoms with Gasteiger partial charge < -0.3 is 9.80 Å². The number of carbonyl (C=O) groups excluding carboxylic acids is 1. The van der Waals surface area contributed by atoms with E-state index in [9.17, 15) is 4.79 Å². The highest BCUT2D eigenvalue weighted by Gasteiger charge is 2.22. The number of aromatic nitrogens is 4. The number of piperazine rings is 1. The van der Waals surface area contributed by atoms with Gasteiger partial charge in [-0.15, -0.1) is 10.2 Å². The molecule has 0 aromatic carbocycles. The van der Waals surface area contributed by atoms with Crippen LogP contribution in [0.2, 0.25) is 0 Å². The molecular weight excluding hydrogens is 390 g/mol. The lowest BCUT2D eigenvalue weighted by Crippen LogP contribution is -2.48. The predicted molar refractivity (Wildman–Crippen MR) is 122 cm³/mol. The van der Waals surface area contributed by atoms with E-state index in [1.807, 2.05) is 28.6 Å². The minimum Gasteiger partial charge on any atom is -0.355 e. The minimum atomic E-state index is 0.248. The molecule has 4 rings (SSSR count). The van der Waals surface area contributed by atoms with E-state index in [2.05, 4.69) is 33.8 Å². The summed E-state index contributed by atoms with van der Waals surface area (Å²) in [5.74, 6) is 1.92. The van der Waals surface area contributed by atoms with E-state index in [0.717, 1.165) is 74.4 Å². The molecule has 0 spiro atoms. The molecule has 0 N–H and O–H groups in total. The second-order valence-electron chi connectivity index (χ2n) is 8.73. The molecule has 2 fully saturated rings. The fourth-order valence-corrected chi connectivity index (χ4v) is 4.73. The van der Waals surface area contributed by atoms with Crippen molar-refractivity contribution >= 4 is 11.7 Å². The summed E-state index contributed by atoms with van der Waals surface area (Å²) >= 11 is 0. The first-order valence-electron chi connectivity index (χ1n) is 11.7. The monoisotopic (exact) mass is 425 g/mol. The molecule has 8 heteroatoms. The Bertz CT molecular complexity index is 878. The Morgan fingerprint density at radius 2 is 1.65 bits per heavy atom. The SMILES string of the molecule is CCCN1CCN(C(=O)CCc2c(C)nn(-c3ccc(N4CCCC4)nn3)c2C)CC1. The van der Waals surface area contributed by atoms with Crippen LogP contribution in [0, 0.1) is 13.8 Å². The molecule has 0 bridgehead atoms. The van der Waals surface area contributed by atoms with Crippen molar-refractivity contribution in [2.24, 2.45) is 0 Å². The molecule has 2 aliphatic rings. The van der Waals surface area contributed by atoms with Gasteiger partial charge in [0.1, 0.15) is 0 Å². The van der Waals surface area contributed by atoms with Gasteiger partial charge in [-0.2, -0.15) is 5.10 Å². The van der Waals surface area contributed by atoms with Gasteiger partial charge in [0.25, 0.3) is 0 Å². The average Bonchev–Trinajstić information content (AvgIpc) is 3.42. The molecule has 2 aromatic heterocycles. The smallest absolute Gasteiger partial charge is 0.222 e. The first-order chi connectivity index (χ1) is 15.1. The standard InChI is InChI=1S/C23H35N7O/c1-4-11-27-14-16-29(17-15-27)23(31)10-7-20-18(2)26-30(19(20)3)22-9-8-21(24-25-22)28-12-5-6-13-28/h8-9H,4-7,10-17H2,1-3H3.